The van der Waals surface area contributed by atoms with E-state index in [1.165, 1.54) is 4.31 Å². The molecule has 2 aliphatic rings. The molecule has 2 aliphatic heterocycles. The molecule has 2 aromatic rings. The van der Waals surface area contributed by atoms with Gasteiger partial charge in [-0.25, -0.2) is 8.42 Å². The summed E-state index contributed by atoms with van der Waals surface area (Å²) in [6.45, 7) is 9.21. The van der Waals surface area contributed by atoms with Gasteiger partial charge in [0.25, 0.3) is 0 Å². The van der Waals surface area contributed by atoms with Crippen LogP contribution in [0.1, 0.15) is 39.2 Å². The highest BCUT2D eigenvalue weighted by Gasteiger charge is 2.44. The van der Waals surface area contributed by atoms with Gasteiger partial charge in [0.2, 0.25) is 21.8 Å². The van der Waals surface area contributed by atoms with Gasteiger partial charge in [-0.05, 0) is 49.6 Å². The van der Waals surface area contributed by atoms with E-state index in [2.05, 4.69) is 19.2 Å². The van der Waals surface area contributed by atoms with Crippen molar-refractivity contribution >= 4 is 33.2 Å². The molecule has 2 heterocycles. The van der Waals surface area contributed by atoms with Crippen LogP contribution in [0.2, 0.25) is 0 Å². The summed E-state index contributed by atoms with van der Waals surface area (Å²) >= 11 is 0. The number of benzene rings is 2. The Bertz CT molecular complexity index is 1180. The van der Waals surface area contributed by atoms with Crippen LogP contribution in [0.5, 0.6) is 0 Å². The van der Waals surface area contributed by atoms with Gasteiger partial charge < -0.3 is 5.32 Å². The predicted octanol–water partition coefficient (Wildman–Crippen LogP) is 2.88. The van der Waals surface area contributed by atoms with Gasteiger partial charge in [-0.1, -0.05) is 38.1 Å². The molecular formula is C25H32N4O4S. The number of piperazine rings is 1. The summed E-state index contributed by atoms with van der Waals surface area (Å²) in [6.07, 6.45) is 0. The summed E-state index contributed by atoms with van der Waals surface area (Å²) in [5.74, 6) is -0.0902. The summed E-state index contributed by atoms with van der Waals surface area (Å²) in [7, 11) is -3.58. The zero-order valence-electron chi connectivity index (χ0n) is 20.1. The lowest BCUT2D eigenvalue weighted by Gasteiger charge is -2.43. The maximum Gasteiger partial charge on any atom is 0.250 e. The van der Waals surface area contributed by atoms with E-state index in [4.69, 9.17) is 0 Å². The molecule has 0 saturated carbocycles. The van der Waals surface area contributed by atoms with Gasteiger partial charge in [0.15, 0.2) is 0 Å². The van der Waals surface area contributed by atoms with E-state index in [1.54, 1.807) is 36.9 Å². The van der Waals surface area contributed by atoms with E-state index in [9.17, 15) is 18.0 Å². The molecule has 2 amide bonds. The van der Waals surface area contributed by atoms with Crippen molar-refractivity contribution in [2.75, 3.05) is 42.9 Å². The van der Waals surface area contributed by atoms with Crippen molar-refractivity contribution in [3.8, 4) is 0 Å². The molecule has 0 bridgehead atoms. The second kappa shape index (κ2) is 9.13. The number of para-hydroxylation sites is 2. The minimum Gasteiger partial charge on any atom is -0.322 e. The largest absolute Gasteiger partial charge is 0.322 e. The smallest absolute Gasteiger partial charge is 0.250 e. The Morgan fingerprint density at radius 2 is 1.62 bits per heavy atom. The molecule has 8 nitrogen and oxygen atoms in total. The van der Waals surface area contributed by atoms with Crippen LogP contribution in [0.15, 0.2) is 53.4 Å². The summed E-state index contributed by atoms with van der Waals surface area (Å²) in [5.41, 5.74) is 1.35. The van der Waals surface area contributed by atoms with Crippen molar-refractivity contribution in [1.82, 2.24) is 9.21 Å². The third kappa shape index (κ3) is 4.47. The molecular weight excluding hydrogens is 452 g/mol. The molecule has 2 aromatic carbocycles. The molecule has 0 radical (unpaired) electrons. The first-order chi connectivity index (χ1) is 16.0. The lowest BCUT2D eigenvalue weighted by atomic mass is 9.96. The number of anilines is 2. The van der Waals surface area contributed by atoms with Gasteiger partial charge in [0.1, 0.15) is 5.54 Å². The first-order valence-corrected chi connectivity index (χ1v) is 13.0. The number of hydrogen-bond acceptors (Lipinski definition) is 5. The third-order valence-electron chi connectivity index (χ3n) is 6.63. The number of amides is 2. The summed E-state index contributed by atoms with van der Waals surface area (Å²) in [4.78, 5) is 29.8. The molecule has 182 valence electrons. The Kier molecular flexibility index (Phi) is 6.54. The van der Waals surface area contributed by atoms with Crippen molar-refractivity contribution in [1.29, 1.82) is 0 Å². The number of carbonyl (C=O) groups excluding carboxylic acids is 2. The Labute approximate surface area is 201 Å². The first kappa shape index (κ1) is 24.4. The number of fused-ring (bicyclic) bond motifs is 1. The number of rotatable bonds is 5. The van der Waals surface area contributed by atoms with E-state index in [0.29, 0.717) is 48.4 Å². The van der Waals surface area contributed by atoms with Crippen LogP contribution in [-0.4, -0.2) is 67.7 Å². The maximum absolute atomic E-state index is 13.3. The predicted molar refractivity (Wildman–Crippen MR) is 132 cm³/mol. The zero-order chi connectivity index (χ0) is 24.7. The van der Waals surface area contributed by atoms with Crippen LogP contribution >= 0.6 is 0 Å². The van der Waals surface area contributed by atoms with Gasteiger partial charge in [-0.15, -0.1) is 0 Å². The fourth-order valence-corrected chi connectivity index (χ4v) is 5.88. The molecule has 1 saturated heterocycles. The molecule has 9 heteroatoms. The lowest BCUT2D eigenvalue weighted by molar-refractivity contribution is -0.127. The standard InChI is InChI=1S/C25H32N4O4S/c1-18(2)19-9-11-20(12-10-19)34(32,33)28-15-13-27(14-16-28)17-23(30)29-22-8-6-5-7-21(22)26-24(31)25(29,3)4/h5-12,18H,13-17H2,1-4H3,(H,26,31). The number of nitrogens with zero attached hydrogens (tertiary/aromatic N) is 3. The molecule has 1 N–H and O–H groups in total. The van der Waals surface area contributed by atoms with Crippen molar-refractivity contribution in [3.63, 3.8) is 0 Å². The average Bonchev–Trinajstić information content (AvgIpc) is 2.80. The van der Waals surface area contributed by atoms with Crippen LogP contribution in [0.3, 0.4) is 0 Å². The van der Waals surface area contributed by atoms with Crippen molar-refractivity contribution in [2.24, 2.45) is 0 Å². The highest BCUT2D eigenvalue weighted by molar-refractivity contribution is 7.89. The Hall–Kier alpha value is -2.75. The van der Waals surface area contributed by atoms with E-state index in [-0.39, 0.29) is 18.4 Å². The van der Waals surface area contributed by atoms with Gasteiger partial charge in [-0.2, -0.15) is 4.31 Å². The van der Waals surface area contributed by atoms with Crippen LogP contribution in [0.25, 0.3) is 0 Å². The van der Waals surface area contributed by atoms with Crippen LogP contribution in [0, 0.1) is 0 Å². The number of hydrogen-bond donors (Lipinski definition) is 1. The summed E-state index contributed by atoms with van der Waals surface area (Å²) in [5, 5.41) is 2.87. The lowest BCUT2D eigenvalue weighted by Crippen LogP contribution is -2.61. The van der Waals surface area contributed by atoms with Gasteiger partial charge in [0, 0.05) is 26.2 Å². The van der Waals surface area contributed by atoms with Crippen LogP contribution in [0.4, 0.5) is 11.4 Å². The molecule has 0 atom stereocenters. The molecule has 34 heavy (non-hydrogen) atoms. The van der Waals surface area contributed by atoms with Crippen molar-refractivity contribution in [2.45, 2.75) is 44.0 Å². The second-order valence-corrected chi connectivity index (χ2v) is 11.6. The first-order valence-electron chi connectivity index (χ1n) is 11.6. The Morgan fingerprint density at radius 3 is 2.24 bits per heavy atom. The molecule has 0 spiro atoms. The van der Waals surface area contributed by atoms with E-state index >= 15 is 0 Å². The Balaban J connectivity index is 1.43. The minimum absolute atomic E-state index is 0.113. The monoisotopic (exact) mass is 484 g/mol. The normalized spacial score (nSPS) is 19.1. The molecule has 0 aliphatic carbocycles. The quantitative estimate of drug-likeness (QED) is 0.705. The number of sulfonamides is 1. The fourth-order valence-electron chi connectivity index (χ4n) is 4.46. The van der Waals surface area contributed by atoms with Gasteiger partial charge in [0.05, 0.1) is 22.8 Å². The average molecular weight is 485 g/mol. The van der Waals surface area contributed by atoms with E-state index < -0.39 is 15.6 Å². The molecule has 4 rings (SSSR count). The fraction of sp³-hybridized carbons (Fsp3) is 0.440. The minimum atomic E-state index is -3.58. The Morgan fingerprint density at radius 1 is 1.00 bits per heavy atom. The molecule has 0 unspecified atom stereocenters. The van der Waals surface area contributed by atoms with Crippen molar-refractivity contribution in [3.05, 3.63) is 54.1 Å². The highest BCUT2D eigenvalue weighted by atomic mass is 32.2. The molecule has 0 aromatic heterocycles. The highest BCUT2D eigenvalue weighted by Crippen LogP contribution is 2.36. The van der Waals surface area contributed by atoms with Crippen molar-refractivity contribution < 1.29 is 18.0 Å². The van der Waals surface area contributed by atoms with E-state index in [1.807, 2.05) is 35.2 Å². The van der Waals surface area contributed by atoms with Crippen LogP contribution < -0.4 is 10.2 Å². The molecule has 1 fully saturated rings. The van der Waals surface area contributed by atoms with E-state index in [0.717, 1.165) is 5.56 Å². The summed E-state index contributed by atoms with van der Waals surface area (Å²) in [6, 6.07) is 14.3. The summed E-state index contributed by atoms with van der Waals surface area (Å²) < 4.78 is 27.7. The number of nitrogens with one attached hydrogen (secondary N) is 1. The number of carbonyl (C=O) groups is 2. The topological polar surface area (TPSA) is 90.0 Å². The van der Waals surface area contributed by atoms with Gasteiger partial charge in [-0.3, -0.25) is 19.4 Å². The maximum atomic E-state index is 13.3. The zero-order valence-corrected chi connectivity index (χ0v) is 20.9. The second-order valence-electron chi connectivity index (χ2n) is 9.66. The third-order valence-corrected chi connectivity index (χ3v) is 8.54. The SMILES string of the molecule is CC(C)c1ccc(S(=O)(=O)N2CCN(CC(=O)N3c4ccccc4NC(=O)C3(C)C)CC2)cc1. The van der Waals surface area contributed by atoms with Crippen LogP contribution in [-0.2, 0) is 19.6 Å². The van der Waals surface area contributed by atoms with Gasteiger partial charge >= 0.3 is 0 Å².